The third kappa shape index (κ3) is 7.92. The highest BCUT2D eigenvalue weighted by molar-refractivity contribution is 7.93. The van der Waals surface area contributed by atoms with Gasteiger partial charge in [-0.15, -0.1) is 0 Å². The van der Waals surface area contributed by atoms with Gasteiger partial charge in [0.05, 0.1) is 46.4 Å². The molecule has 0 fully saturated rings. The molecule has 0 N–H and O–H groups in total. The van der Waals surface area contributed by atoms with Gasteiger partial charge in [-0.1, -0.05) is 6.07 Å². The molecule has 0 aromatic heterocycles. The Labute approximate surface area is 204 Å². The standard InChI is InChI=1S/C24H28O10S/c1-6-33-23(25)14-24(26)34-22-11-16(7-8-19(22)30-3)15-35(27,28)10-9-18-20(31-4)12-17(29-2)13-21(18)32-5/h7-13H,6,14-15H2,1-5H3/b10-9+. The van der Waals surface area contributed by atoms with Crippen LogP contribution in [0.1, 0.15) is 24.5 Å². The molecule has 35 heavy (non-hydrogen) atoms. The number of rotatable bonds is 12. The van der Waals surface area contributed by atoms with Gasteiger partial charge in [0.25, 0.3) is 0 Å². The van der Waals surface area contributed by atoms with Crippen molar-refractivity contribution in [1.29, 1.82) is 0 Å². The van der Waals surface area contributed by atoms with Gasteiger partial charge < -0.3 is 28.4 Å². The Hall–Kier alpha value is -3.73. The second-order valence-electron chi connectivity index (χ2n) is 7.00. The van der Waals surface area contributed by atoms with Crippen molar-refractivity contribution in [3.8, 4) is 28.7 Å². The smallest absolute Gasteiger partial charge is 0.322 e. The topological polar surface area (TPSA) is 124 Å². The normalized spacial score (nSPS) is 11.1. The number of carbonyl (C=O) groups excluding carboxylic acids is 2. The molecule has 0 saturated heterocycles. The molecule has 0 bridgehead atoms. The van der Waals surface area contributed by atoms with Gasteiger partial charge in [0.15, 0.2) is 21.3 Å². The van der Waals surface area contributed by atoms with E-state index in [-0.39, 0.29) is 18.1 Å². The van der Waals surface area contributed by atoms with Crippen LogP contribution in [0.4, 0.5) is 0 Å². The summed E-state index contributed by atoms with van der Waals surface area (Å²) in [6.45, 7) is 1.75. The SMILES string of the molecule is CCOC(=O)CC(=O)Oc1cc(CS(=O)(=O)/C=C/c2c(OC)cc(OC)cc2OC)ccc1OC. The number of hydrogen-bond donors (Lipinski definition) is 0. The van der Waals surface area contributed by atoms with E-state index in [1.165, 1.54) is 52.7 Å². The van der Waals surface area contributed by atoms with Gasteiger partial charge >= 0.3 is 11.9 Å². The van der Waals surface area contributed by atoms with Crippen LogP contribution in [0.2, 0.25) is 0 Å². The highest BCUT2D eigenvalue weighted by Crippen LogP contribution is 2.35. The molecule has 0 aliphatic rings. The monoisotopic (exact) mass is 508 g/mol. The number of methoxy groups -OCH3 is 4. The van der Waals surface area contributed by atoms with E-state index in [1.807, 2.05) is 0 Å². The summed E-state index contributed by atoms with van der Waals surface area (Å²) < 4.78 is 56.6. The lowest BCUT2D eigenvalue weighted by Gasteiger charge is -2.12. The van der Waals surface area contributed by atoms with Gasteiger partial charge in [-0.25, -0.2) is 8.42 Å². The maximum absolute atomic E-state index is 12.8. The van der Waals surface area contributed by atoms with Gasteiger partial charge in [-0.2, -0.15) is 0 Å². The number of hydrogen-bond acceptors (Lipinski definition) is 10. The number of ether oxygens (including phenoxy) is 6. The Morgan fingerprint density at radius 2 is 1.46 bits per heavy atom. The molecule has 0 atom stereocenters. The molecular formula is C24H28O10S. The van der Waals surface area contributed by atoms with Crippen molar-refractivity contribution in [1.82, 2.24) is 0 Å². The number of esters is 2. The van der Waals surface area contributed by atoms with Crippen molar-refractivity contribution in [2.75, 3.05) is 35.0 Å². The van der Waals surface area contributed by atoms with Crippen molar-refractivity contribution >= 4 is 27.9 Å². The summed E-state index contributed by atoms with van der Waals surface area (Å²) in [5.74, 6) is -0.576. The van der Waals surface area contributed by atoms with Crippen LogP contribution in [0.5, 0.6) is 28.7 Å². The molecule has 0 saturated carbocycles. The quantitative estimate of drug-likeness (QED) is 0.240. The first-order valence-electron chi connectivity index (χ1n) is 10.4. The molecule has 11 heteroatoms. The number of carbonyl (C=O) groups is 2. The maximum Gasteiger partial charge on any atom is 0.322 e. The fourth-order valence-electron chi connectivity index (χ4n) is 3.03. The molecule has 10 nitrogen and oxygen atoms in total. The molecule has 0 heterocycles. The second kappa shape index (κ2) is 12.7. The Morgan fingerprint density at radius 3 is 2.00 bits per heavy atom. The predicted octanol–water partition coefficient (Wildman–Crippen LogP) is 3.17. The molecule has 2 aromatic rings. The first kappa shape index (κ1) is 27.5. The van der Waals surface area contributed by atoms with Gasteiger partial charge in [0, 0.05) is 17.5 Å². The maximum atomic E-state index is 12.8. The molecule has 2 aromatic carbocycles. The summed E-state index contributed by atoms with van der Waals surface area (Å²) in [5.41, 5.74) is 0.755. The Balaban J connectivity index is 2.26. The molecule has 0 amide bonds. The van der Waals surface area contributed by atoms with Gasteiger partial charge in [-0.3, -0.25) is 9.59 Å². The van der Waals surface area contributed by atoms with Crippen LogP contribution in [0.3, 0.4) is 0 Å². The summed E-state index contributed by atoms with van der Waals surface area (Å²) in [6, 6.07) is 7.57. The fraction of sp³-hybridized carbons (Fsp3) is 0.333. The molecule has 0 spiro atoms. The van der Waals surface area contributed by atoms with E-state index in [0.29, 0.717) is 28.4 Å². The summed E-state index contributed by atoms with van der Waals surface area (Å²) in [4.78, 5) is 23.6. The minimum Gasteiger partial charge on any atom is -0.496 e. The summed E-state index contributed by atoms with van der Waals surface area (Å²) in [7, 11) is 1.98. The summed E-state index contributed by atoms with van der Waals surface area (Å²) in [5, 5.41) is 1.04. The van der Waals surface area contributed by atoms with Crippen molar-refractivity contribution in [2.24, 2.45) is 0 Å². The molecule has 2 rings (SSSR count). The van der Waals surface area contributed by atoms with E-state index in [9.17, 15) is 18.0 Å². The van der Waals surface area contributed by atoms with Crippen molar-refractivity contribution in [3.63, 3.8) is 0 Å². The van der Waals surface area contributed by atoms with Gasteiger partial charge in [-0.05, 0) is 30.7 Å². The average molecular weight is 509 g/mol. The average Bonchev–Trinajstić information content (AvgIpc) is 2.82. The van der Waals surface area contributed by atoms with Crippen molar-refractivity contribution in [2.45, 2.75) is 19.1 Å². The van der Waals surface area contributed by atoms with Gasteiger partial charge in [0.2, 0.25) is 0 Å². The van der Waals surface area contributed by atoms with Crippen LogP contribution in [0, 0.1) is 0 Å². The first-order valence-corrected chi connectivity index (χ1v) is 12.1. The first-order chi connectivity index (χ1) is 16.7. The minimum absolute atomic E-state index is 0.0167. The molecule has 0 aliphatic heterocycles. The molecule has 0 aliphatic carbocycles. The predicted molar refractivity (Wildman–Crippen MR) is 128 cm³/mol. The van der Waals surface area contributed by atoms with Crippen LogP contribution < -0.4 is 23.7 Å². The highest BCUT2D eigenvalue weighted by Gasteiger charge is 2.18. The second-order valence-corrected chi connectivity index (χ2v) is 8.88. The van der Waals surface area contributed by atoms with E-state index in [4.69, 9.17) is 28.4 Å². The lowest BCUT2D eigenvalue weighted by molar-refractivity contribution is -0.149. The van der Waals surface area contributed by atoms with E-state index in [2.05, 4.69) is 0 Å². The zero-order valence-electron chi connectivity index (χ0n) is 20.2. The summed E-state index contributed by atoms with van der Waals surface area (Å²) >= 11 is 0. The van der Waals surface area contributed by atoms with E-state index >= 15 is 0 Å². The lowest BCUT2D eigenvalue weighted by atomic mass is 10.1. The molecular weight excluding hydrogens is 480 g/mol. The lowest BCUT2D eigenvalue weighted by Crippen LogP contribution is -2.16. The highest BCUT2D eigenvalue weighted by atomic mass is 32.2. The minimum atomic E-state index is -3.77. The Bertz CT molecular complexity index is 1160. The number of benzene rings is 2. The zero-order chi connectivity index (χ0) is 26.0. The zero-order valence-corrected chi connectivity index (χ0v) is 21.0. The van der Waals surface area contributed by atoms with E-state index in [1.54, 1.807) is 19.1 Å². The van der Waals surface area contributed by atoms with Crippen LogP contribution in [-0.4, -0.2) is 55.4 Å². The van der Waals surface area contributed by atoms with Crippen LogP contribution in [0.15, 0.2) is 35.7 Å². The largest absolute Gasteiger partial charge is 0.496 e. The number of sulfone groups is 1. The van der Waals surface area contributed by atoms with Gasteiger partial charge in [0.1, 0.15) is 23.7 Å². The summed E-state index contributed by atoms with van der Waals surface area (Å²) in [6.07, 6.45) is 0.782. The molecule has 0 radical (unpaired) electrons. The molecule has 190 valence electrons. The van der Waals surface area contributed by atoms with Crippen LogP contribution >= 0.6 is 0 Å². The molecule has 0 unspecified atom stereocenters. The van der Waals surface area contributed by atoms with Crippen LogP contribution in [0.25, 0.3) is 6.08 Å². The van der Waals surface area contributed by atoms with E-state index in [0.717, 1.165) is 5.41 Å². The third-order valence-corrected chi connectivity index (χ3v) is 5.90. The Morgan fingerprint density at radius 1 is 0.829 bits per heavy atom. The van der Waals surface area contributed by atoms with E-state index < -0.39 is 33.9 Å². The van der Waals surface area contributed by atoms with Crippen molar-refractivity contribution in [3.05, 3.63) is 46.9 Å². The van der Waals surface area contributed by atoms with Crippen LogP contribution in [-0.2, 0) is 29.9 Å². The third-order valence-electron chi connectivity index (χ3n) is 4.61. The Kier molecular flexibility index (Phi) is 9.95. The fourth-order valence-corrected chi connectivity index (χ4v) is 4.11. The van der Waals surface area contributed by atoms with Crippen molar-refractivity contribution < 1.29 is 46.4 Å².